The highest BCUT2D eigenvalue weighted by Gasteiger charge is 2.48. The van der Waals surface area contributed by atoms with Gasteiger partial charge in [0.2, 0.25) is 0 Å². The maximum absolute atomic E-state index is 13.1. The number of anilines is 1. The molecule has 0 saturated carbocycles. The van der Waals surface area contributed by atoms with E-state index in [9.17, 15) is 14.7 Å². The van der Waals surface area contributed by atoms with Crippen molar-refractivity contribution in [2.24, 2.45) is 0 Å². The third kappa shape index (κ3) is 3.49. The lowest BCUT2D eigenvalue weighted by atomic mass is 9.98. The molecule has 0 aliphatic carbocycles. The minimum Gasteiger partial charge on any atom is -0.507 e. The van der Waals surface area contributed by atoms with Gasteiger partial charge in [-0.2, -0.15) is 0 Å². The van der Waals surface area contributed by atoms with E-state index >= 15 is 0 Å². The average molecular weight is 438 g/mol. The third-order valence-electron chi connectivity index (χ3n) is 5.29. The largest absolute Gasteiger partial charge is 0.507 e. The molecule has 0 bridgehead atoms. The summed E-state index contributed by atoms with van der Waals surface area (Å²) in [6, 6.07) is 12.6. The normalized spacial score (nSPS) is 17.9. The number of carbonyl (C=O) groups is 2. The van der Waals surface area contributed by atoms with Crippen molar-refractivity contribution in [3.05, 3.63) is 87.8 Å². The lowest BCUT2D eigenvalue weighted by Crippen LogP contribution is -2.30. The van der Waals surface area contributed by atoms with E-state index in [0.29, 0.717) is 22.8 Å². The molecule has 7 heteroatoms. The Morgan fingerprint density at radius 1 is 1.13 bits per heavy atom. The van der Waals surface area contributed by atoms with Crippen LogP contribution in [0.3, 0.4) is 0 Å². The fourth-order valence-electron chi connectivity index (χ4n) is 3.84. The summed E-state index contributed by atoms with van der Waals surface area (Å²) < 4.78 is 10.7. The van der Waals surface area contributed by atoms with Gasteiger partial charge < -0.3 is 14.3 Å². The predicted octanol–water partition coefficient (Wildman–Crippen LogP) is 5.18. The first-order chi connectivity index (χ1) is 14.8. The van der Waals surface area contributed by atoms with Crippen molar-refractivity contribution < 1.29 is 23.8 Å². The van der Waals surface area contributed by atoms with Crippen LogP contribution in [0.1, 0.15) is 28.5 Å². The Labute approximate surface area is 184 Å². The molecular formula is C24H20ClNO5. The van der Waals surface area contributed by atoms with Crippen molar-refractivity contribution >= 4 is 34.7 Å². The van der Waals surface area contributed by atoms with Gasteiger partial charge in [-0.1, -0.05) is 29.3 Å². The van der Waals surface area contributed by atoms with Gasteiger partial charge in [-0.3, -0.25) is 14.5 Å². The Morgan fingerprint density at radius 2 is 1.90 bits per heavy atom. The second-order valence-corrected chi connectivity index (χ2v) is 7.73. The molecule has 1 aliphatic heterocycles. The standard InChI is InChI=1S/C24H20ClNO5/c1-13-6-8-17(14(2)11-13)26-21(19-5-4-10-31-19)20(23(28)24(26)29)22(27)15-7-9-18(30-3)16(25)12-15/h4-12,21,27H,1-3H3/b22-20-. The Kier molecular flexibility index (Phi) is 5.33. The second-order valence-electron chi connectivity index (χ2n) is 7.32. The highest BCUT2D eigenvalue weighted by Crippen LogP contribution is 2.43. The molecule has 1 N–H and O–H groups in total. The number of hydrogen-bond acceptors (Lipinski definition) is 5. The van der Waals surface area contributed by atoms with Gasteiger partial charge in [0, 0.05) is 11.3 Å². The number of aliphatic hydroxyl groups excluding tert-OH is 1. The summed E-state index contributed by atoms with van der Waals surface area (Å²) in [5, 5.41) is 11.4. The number of hydrogen-bond donors (Lipinski definition) is 1. The maximum atomic E-state index is 13.1. The van der Waals surface area contributed by atoms with E-state index in [0.717, 1.165) is 11.1 Å². The molecule has 0 radical (unpaired) electrons. The van der Waals surface area contributed by atoms with E-state index in [-0.39, 0.29) is 16.4 Å². The Hall–Kier alpha value is -3.51. The second kappa shape index (κ2) is 7.96. The van der Waals surface area contributed by atoms with Crippen molar-refractivity contribution in [1.82, 2.24) is 0 Å². The Bertz CT molecular complexity index is 1210. The monoisotopic (exact) mass is 437 g/mol. The number of aliphatic hydroxyl groups is 1. The van der Waals surface area contributed by atoms with E-state index in [4.69, 9.17) is 20.8 Å². The van der Waals surface area contributed by atoms with Crippen LogP contribution in [0, 0.1) is 13.8 Å². The average Bonchev–Trinajstić information content (AvgIpc) is 3.35. The van der Waals surface area contributed by atoms with Crippen LogP contribution in [0.5, 0.6) is 5.75 Å². The molecular weight excluding hydrogens is 418 g/mol. The zero-order valence-corrected chi connectivity index (χ0v) is 17.9. The number of ether oxygens (including phenoxy) is 1. The third-order valence-corrected chi connectivity index (χ3v) is 5.59. The first-order valence-corrected chi connectivity index (χ1v) is 9.97. The summed E-state index contributed by atoms with van der Waals surface area (Å²) in [6.45, 7) is 3.81. The van der Waals surface area contributed by atoms with Gasteiger partial charge in [-0.05, 0) is 55.8 Å². The molecule has 6 nitrogen and oxygen atoms in total. The number of halogens is 1. The van der Waals surface area contributed by atoms with Crippen molar-refractivity contribution in [3.8, 4) is 5.75 Å². The minimum absolute atomic E-state index is 0.0684. The van der Waals surface area contributed by atoms with Crippen molar-refractivity contribution in [1.29, 1.82) is 0 Å². The van der Waals surface area contributed by atoms with Crippen molar-refractivity contribution in [3.63, 3.8) is 0 Å². The molecule has 1 unspecified atom stereocenters. The van der Waals surface area contributed by atoms with E-state index < -0.39 is 17.7 Å². The molecule has 31 heavy (non-hydrogen) atoms. The zero-order valence-electron chi connectivity index (χ0n) is 17.2. The van der Waals surface area contributed by atoms with E-state index in [1.807, 2.05) is 26.0 Å². The van der Waals surface area contributed by atoms with Gasteiger partial charge in [0.15, 0.2) is 0 Å². The highest BCUT2D eigenvalue weighted by molar-refractivity contribution is 6.51. The Balaban J connectivity index is 1.93. The minimum atomic E-state index is -0.919. The van der Waals surface area contributed by atoms with Gasteiger partial charge in [-0.25, -0.2) is 0 Å². The highest BCUT2D eigenvalue weighted by atomic mass is 35.5. The number of rotatable bonds is 4. The van der Waals surface area contributed by atoms with Crippen molar-refractivity contribution in [2.75, 3.05) is 12.0 Å². The number of Topliss-reactive ketones (excluding diaryl/α,β-unsaturated/α-hetero) is 1. The number of nitrogens with zero attached hydrogens (tertiary/aromatic N) is 1. The summed E-state index contributed by atoms with van der Waals surface area (Å²) in [7, 11) is 1.48. The molecule has 0 spiro atoms. The molecule has 1 atom stereocenters. The number of amides is 1. The van der Waals surface area contributed by atoms with Gasteiger partial charge in [0.25, 0.3) is 11.7 Å². The number of carbonyl (C=O) groups excluding carboxylic acids is 2. The molecule has 1 saturated heterocycles. The molecule has 158 valence electrons. The number of benzene rings is 2. The number of aryl methyl sites for hydroxylation is 2. The molecule has 1 aromatic heterocycles. The van der Waals surface area contributed by atoms with E-state index in [2.05, 4.69) is 0 Å². The number of ketones is 1. The fourth-order valence-corrected chi connectivity index (χ4v) is 4.10. The van der Waals surface area contributed by atoms with Gasteiger partial charge in [0.05, 0.1) is 24.0 Å². The summed E-state index contributed by atoms with van der Waals surface area (Å²) in [6.07, 6.45) is 1.46. The first-order valence-electron chi connectivity index (χ1n) is 9.59. The smallest absolute Gasteiger partial charge is 0.300 e. The Morgan fingerprint density at radius 3 is 2.52 bits per heavy atom. The SMILES string of the molecule is COc1ccc(/C(O)=C2/C(=O)C(=O)N(c3ccc(C)cc3C)C2c2ccco2)cc1Cl. The van der Waals surface area contributed by atoms with E-state index in [1.165, 1.54) is 24.3 Å². The van der Waals surface area contributed by atoms with Crippen LogP contribution in [-0.4, -0.2) is 23.9 Å². The molecule has 4 rings (SSSR count). The molecule has 1 amide bonds. The lowest BCUT2D eigenvalue weighted by Gasteiger charge is -2.25. The fraction of sp³-hybridized carbons (Fsp3) is 0.167. The molecule has 2 heterocycles. The van der Waals surface area contributed by atoms with Crippen LogP contribution in [0.15, 0.2) is 64.8 Å². The van der Waals surface area contributed by atoms with Crippen LogP contribution in [0.4, 0.5) is 5.69 Å². The topological polar surface area (TPSA) is 80.0 Å². The van der Waals surface area contributed by atoms with Crippen LogP contribution in [0.2, 0.25) is 5.02 Å². The van der Waals surface area contributed by atoms with Crippen LogP contribution in [-0.2, 0) is 9.59 Å². The van der Waals surface area contributed by atoms with Gasteiger partial charge >= 0.3 is 0 Å². The van der Waals surface area contributed by atoms with Crippen LogP contribution >= 0.6 is 11.6 Å². The van der Waals surface area contributed by atoms with E-state index in [1.54, 1.807) is 30.3 Å². The lowest BCUT2D eigenvalue weighted by molar-refractivity contribution is -0.132. The summed E-state index contributed by atoms with van der Waals surface area (Å²) in [5.74, 6) is -1.09. The molecule has 1 fully saturated rings. The van der Waals surface area contributed by atoms with Crippen LogP contribution < -0.4 is 9.64 Å². The van der Waals surface area contributed by atoms with Gasteiger partial charge in [0.1, 0.15) is 23.3 Å². The maximum Gasteiger partial charge on any atom is 0.300 e. The summed E-state index contributed by atoms with van der Waals surface area (Å²) in [4.78, 5) is 27.6. The van der Waals surface area contributed by atoms with Crippen molar-refractivity contribution in [2.45, 2.75) is 19.9 Å². The summed E-state index contributed by atoms with van der Waals surface area (Å²) in [5.41, 5.74) is 2.65. The number of methoxy groups -OCH3 is 1. The summed E-state index contributed by atoms with van der Waals surface area (Å²) >= 11 is 6.20. The first kappa shape index (κ1) is 20.8. The van der Waals surface area contributed by atoms with Crippen LogP contribution in [0.25, 0.3) is 5.76 Å². The quantitative estimate of drug-likeness (QED) is 0.345. The number of furan rings is 1. The molecule has 1 aliphatic rings. The molecule has 3 aromatic rings. The van der Waals surface area contributed by atoms with Gasteiger partial charge in [-0.15, -0.1) is 0 Å². The predicted molar refractivity (Wildman–Crippen MR) is 117 cm³/mol. The molecule has 2 aromatic carbocycles. The zero-order chi connectivity index (χ0) is 22.3.